The molecule has 0 aromatic heterocycles. The van der Waals surface area contributed by atoms with Crippen LogP contribution >= 0.6 is 11.6 Å². The van der Waals surface area contributed by atoms with Crippen molar-refractivity contribution in [2.45, 2.75) is 17.9 Å². The summed E-state index contributed by atoms with van der Waals surface area (Å²) < 4.78 is 23.2. The number of benzene rings is 1. The summed E-state index contributed by atoms with van der Waals surface area (Å²) in [7, 11) is -3.25. The molecule has 3 nitrogen and oxygen atoms in total. The van der Waals surface area contributed by atoms with Crippen LogP contribution in [0, 0.1) is 0 Å². The summed E-state index contributed by atoms with van der Waals surface area (Å²) in [6.07, 6.45) is 2.05. The van der Waals surface area contributed by atoms with Crippen LogP contribution in [0.3, 0.4) is 0 Å². The first-order valence-electron chi connectivity index (χ1n) is 4.71. The van der Waals surface area contributed by atoms with Crippen molar-refractivity contribution in [3.05, 3.63) is 28.3 Å². The van der Waals surface area contributed by atoms with Gasteiger partial charge in [-0.1, -0.05) is 17.7 Å². The molecule has 1 heterocycles. The molecule has 82 valence electrons. The molecule has 0 spiro atoms. The van der Waals surface area contributed by atoms with Crippen LogP contribution in [0.2, 0.25) is 5.02 Å². The standard InChI is InChI=1S/C10H12ClNO2S/c1-15(13,14)10-8-6-12-5-4-7(8)2-3-9(10)11/h2-3,12H,4-6H2,1H3. The van der Waals surface area contributed by atoms with E-state index in [2.05, 4.69) is 5.32 Å². The van der Waals surface area contributed by atoms with Crippen molar-refractivity contribution in [3.63, 3.8) is 0 Å². The quantitative estimate of drug-likeness (QED) is 0.813. The summed E-state index contributed by atoms with van der Waals surface area (Å²) >= 11 is 5.94. The van der Waals surface area contributed by atoms with Crippen LogP contribution in [0.1, 0.15) is 11.1 Å². The zero-order valence-electron chi connectivity index (χ0n) is 8.38. The van der Waals surface area contributed by atoms with Gasteiger partial charge in [0.15, 0.2) is 9.84 Å². The lowest BCUT2D eigenvalue weighted by Gasteiger charge is -2.20. The van der Waals surface area contributed by atoms with Gasteiger partial charge in [-0.15, -0.1) is 0 Å². The van der Waals surface area contributed by atoms with Gasteiger partial charge >= 0.3 is 0 Å². The second kappa shape index (κ2) is 3.77. The summed E-state index contributed by atoms with van der Waals surface area (Å²) in [5.41, 5.74) is 1.91. The van der Waals surface area contributed by atoms with E-state index in [9.17, 15) is 8.42 Å². The fourth-order valence-electron chi connectivity index (χ4n) is 1.91. The highest BCUT2D eigenvalue weighted by molar-refractivity contribution is 7.90. The highest BCUT2D eigenvalue weighted by Crippen LogP contribution is 2.29. The van der Waals surface area contributed by atoms with Crippen molar-refractivity contribution in [2.75, 3.05) is 12.8 Å². The third-order valence-electron chi connectivity index (χ3n) is 2.55. The van der Waals surface area contributed by atoms with Crippen LogP contribution in [0.5, 0.6) is 0 Å². The van der Waals surface area contributed by atoms with Gasteiger partial charge in [0.2, 0.25) is 0 Å². The fourth-order valence-corrected chi connectivity index (χ4v) is 3.58. The lowest BCUT2D eigenvalue weighted by atomic mass is 10.0. The SMILES string of the molecule is CS(=O)(=O)c1c(Cl)ccc2c1CNCC2. The third-order valence-corrected chi connectivity index (χ3v) is 4.19. The Kier molecular flexibility index (Phi) is 2.75. The van der Waals surface area contributed by atoms with Gasteiger partial charge < -0.3 is 5.32 Å². The lowest BCUT2D eigenvalue weighted by molar-refractivity contribution is 0.593. The molecule has 5 heteroatoms. The number of rotatable bonds is 1. The van der Waals surface area contributed by atoms with Gasteiger partial charge in [-0.25, -0.2) is 8.42 Å². The molecule has 0 saturated carbocycles. The molecule has 0 amide bonds. The Labute approximate surface area is 94.4 Å². The molecule has 0 unspecified atom stereocenters. The highest BCUT2D eigenvalue weighted by atomic mass is 35.5. The number of sulfone groups is 1. The molecule has 2 rings (SSSR count). The Morgan fingerprint density at radius 2 is 2.13 bits per heavy atom. The van der Waals surface area contributed by atoms with E-state index in [1.165, 1.54) is 6.26 Å². The van der Waals surface area contributed by atoms with Crippen LogP contribution in [-0.2, 0) is 22.8 Å². The molecule has 1 aromatic rings. The van der Waals surface area contributed by atoms with Crippen LogP contribution in [0.25, 0.3) is 0 Å². The predicted octanol–water partition coefficient (Wildman–Crippen LogP) is 1.39. The first-order chi connectivity index (χ1) is 7.00. The van der Waals surface area contributed by atoms with Crippen molar-refractivity contribution in [1.82, 2.24) is 5.32 Å². The molecule has 1 aromatic carbocycles. The van der Waals surface area contributed by atoms with Crippen molar-refractivity contribution >= 4 is 21.4 Å². The van der Waals surface area contributed by atoms with E-state index in [1.54, 1.807) is 6.07 Å². The van der Waals surface area contributed by atoms with E-state index < -0.39 is 9.84 Å². The van der Waals surface area contributed by atoms with Crippen LogP contribution in [0.15, 0.2) is 17.0 Å². The molecule has 1 aliphatic heterocycles. The largest absolute Gasteiger partial charge is 0.312 e. The lowest BCUT2D eigenvalue weighted by Crippen LogP contribution is -2.25. The third kappa shape index (κ3) is 2.02. The highest BCUT2D eigenvalue weighted by Gasteiger charge is 2.21. The average molecular weight is 246 g/mol. The summed E-state index contributed by atoms with van der Waals surface area (Å²) in [6, 6.07) is 3.58. The van der Waals surface area contributed by atoms with E-state index in [1.807, 2.05) is 6.07 Å². The van der Waals surface area contributed by atoms with Crippen molar-refractivity contribution in [1.29, 1.82) is 0 Å². The fraction of sp³-hybridized carbons (Fsp3) is 0.400. The van der Waals surface area contributed by atoms with Crippen molar-refractivity contribution in [3.8, 4) is 0 Å². The van der Waals surface area contributed by atoms with Gasteiger partial charge in [-0.3, -0.25) is 0 Å². The topological polar surface area (TPSA) is 46.2 Å². The predicted molar refractivity (Wildman–Crippen MR) is 60.0 cm³/mol. The van der Waals surface area contributed by atoms with Crippen molar-refractivity contribution < 1.29 is 8.42 Å². The van der Waals surface area contributed by atoms with E-state index in [4.69, 9.17) is 11.6 Å². The minimum absolute atomic E-state index is 0.286. The molecule has 0 fully saturated rings. The minimum atomic E-state index is -3.25. The van der Waals surface area contributed by atoms with E-state index >= 15 is 0 Å². The Morgan fingerprint density at radius 3 is 2.80 bits per heavy atom. The zero-order valence-corrected chi connectivity index (χ0v) is 9.95. The molecular formula is C10H12ClNO2S. The zero-order chi connectivity index (χ0) is 11.1. The number of hydrogen-bond acceptors (Lipinski definition) is 3. The Bertz CT molecular complexity index is 496. The average Bonchev–Trinajstić information content (AvgIpc) is 2.15. The van der Waals surface area contributed by atoms with Gasteiger partial charge in [0.1, 0.15) is 0 Å². The van der Waals surface area contributed by atoms with E-state index in [0.717, 1.165) is 24.1 Å². The van der Waals surface area contributed by atoms with Gasteiger partial charge in [-0.2, -0.15) is 0 Å². The van der Waals surface area contributed by atoms with E-state index in [-0.39, 0.29) is 4.90 Å². The summed E-state index contributed by atoms with van der Waals surface area (Å²) in [6.45, 7) is 1.47. The molecule has 0 saturated heterocycles. The monoisotopic (exact) mass is 245 g/mol. The Balaban J connectivity index is 2.71. The minimum Gasteiger partial charge on any atom is -0.312 e. The first-order valence-corrected chi connectivity index (χ1v) is 6.98. The maximum Gasteiger partial charge on any atom is 0.177 e. The smallest absolute Gasteiger partial charge is 0.177 e. The molecule has 0 radical (unpaired) electrons. The Morgan fingerprint density at radius 1 is 1.40 bits per heavy atom. The summed E-state index contributed by atoms with van der Waals surface area (Å²) in [4.78, 5) is 0.286. The van der Waals surface area contributed by atoms with Crippen LogP contribution < -0.4 is 5.32 Å². The summed E-state index contributed by atoms with van der Waals surface area (Å²) in [5.74, 6) is 0. The molecule has 15 heavy (non-hydrogen) atoms. The molecular weight excluding hydrogens is 234 g/mol. The molecule has 1 N–H and O–H groups in total. The number of fused-ring (bicyclic) bond motifs is 1. The van der Waals surface area contributed by atoms with Gasteiger partial charge in [-0.05, 0) is 30.2 Å². The molecule has 0 bridgehead atoms. The first kappa shape index (κ1) is 10.9. The summed E-state index contributed by atoms with van der Waals surface area (Å²) in [5, 5.41) is 3.48. The molecule has 0 atom stereocenters. The van der Waals surface area contributed by atoms with Gasteiger partial charge in [0, 0.05) is 12.8 Å². The number of nitrogens with one attached hydrogen (secondary N) is 1. The second-order valence-electron chi connectivity index (χ2n) is 3.71. The maximum atomic E-state index is 11.6. The maximum absolute atomic E-state index is 11.6. The Hall–Kier alpha value is -0.580. The van der Waals surface area contributed by atoms with Crippen LogP contribution in [-0.4, -0.2) is 21.2 Å². The van der Waals surface area contributed by atoms with Gasteiger partial charge in [0.05, 0.1) is 9.92 Å². The molecule has 1 aliphatic rings. The van der Waals surface area contributed by atoms with Crippen molar-refractivity contribution in [2.24, 2.45) is 0 Å². The number of hydrogen-bond donors (Lipinski definition) is 1. The normalized spacial score (nSPS) is 16.1. The van der Waals surface area contributed by atoms with Crippen LogP contribution in [0.4, 0.5) is 0 Å². The molecule has 0 aliphatic carbocycles. The second-order valence-corrected chi connectivity index (χ2v) is 6.07. The van der Waals surface area contributed by atoms with E-state index in [0.29, 0.717) is 11.6 Å². The van der Waals surface area contributed by atoms with Gasteiger partial charge in [0.25, 0.3) is 0 Å². The number of halogens is 1.